The molecule has 4 fully saturated rings. The Labute approximate surface area is 169 Å². The van der Waals surface area contributed by atoms with Crippen molar-refractivity contribution in [3.63, 3.8) is 0 Å². The molecular formula is C23H40N2O3. The van der Waals surface area contributed by atoms with E-state index in [1.54, 1.807) is 6.92 Å². The van der Waals surface area contributed by atoms with Gasteiger partial charge in [-0.3, -0.25) is 4.79 Å². The number of carbonyl (C=O) groups is 1. The number of fused-ring (bicyclic) bond motifs is 5. The second-order valence-corrected chi connectivity index (χ2v) is 11.0. The van der Waals surface area contributed by atoms with Gasteiger partial charge in [-0.05, 0) is 93.8 Å². The summed E-state index contributed by atoms with van der Waals surface area (Å²) in [5.41, 5.74) is 4.76. The molecule has 0 spiro atoms. The highest BCUT2D eigenvalue weighted by Gasteiger charge is 2.65. The van der Waals surface area contributed by atoms with Crippen LogP contribution in [-0.2, 0) is 4.79 Å². The van der Waals surface area contributed by atoms with E-state index in [1.807, 2.05) is 0 Å². The summed E-state index contributed by atoms with van der Waals surface area (Å²) < 4.78 is 0. The number of nitrogens with two attached hydrogens (primary N) is 1. The Morgan fingerprint density at radius 1 is 1.11 bits per heavy atom. The third kappa shape index (κ3) is 2.79. The predicted octanol–water partition coefficient (Wildman–Crippen LogP) is 2.58. The van der Waals surface area contributed by atoms with Gasteiger partial charge in [0.05, 0.1) is 18.2 Å². The van der Waals surface area contributed by atoms with Crippen LogP contribution in [0.25, 0.3) is 0 Å². The van der Waals surface area contributed by atoms with Gasteiger partial charge >= 0.3 is 0 Å². The highest BCUT2D eigenvalue weighted by atomic mass is 16.3. The standard InChI is InChI=1S/C23H40N2O3/c1-14(26)23(28)11-8-19-17-5-4-15-12-16(25-20(27)13-24)6-9-21(15,2)18(17)7-10-22(19,23)3/h14-19,26,28H,4-13,24H2,1-3H3,(H,25,27)/t14-,15?,16?,17+,18-,19-,21-,22-,23-/m0/s1. The fraction of sp³-hybridized carbons (Fsp3) is 0.957. The molecule has 2 unspecified atom stereocenters. The lowest BCUT2D eigenvalue weighted by Gasteiger charge is -2.62. The van der Waals surface area contributed by atoms with Crippen LogP contribution in [0.4, 0.5) is 0 Å². The van der Waals surface area contributed by atoms with Crippen LogP contribution in [0.5, 0.6) is 0 Å². The molecule has 4 aliphatic carbocycles. The van der Waals surface area contributed by atoms with Crippen molar-refractivity contribution in [2.45, 2.75) is 96.3 Å². The fourth-order valence-corrected chi connectivity index (χ4v) is 8.41. The Kier molecular flexibility index (Phi) is 5.12. The second-order valence-electron chi connectivity index (χ2n) is 11.0. The number of amides is 1. The van der Waals surface area contributed by atoms with Gasteiger partial charge in [-0.1, -0.05) is 13.8 Å². The minimum Gasteiger partial charge on any atom is -0.390 e. The van der Waals surface area contributed by atoms with Gasteiger partial charge in [0.2, 0.25) is 5.91 Å². The zero-order chi connectivity index (χ0) is 20.3. The average molecular weight is 393 g/mol. The topological polar surface area (TPSA) is 95.6 Å². The smallest absolute Gasteiger partial charge is 0.233 e. The van der Waals surface area contributed by atoms with Crippen LogP contribution >= 0.6 is 0 Å². The first-order chi connectivity index (χ1) is 13.2. The lowest BCUT2D eigenvalue weighted by Crippen LogP contribution is -2.59. The molecule has 0 bridgehead atoms. The molecule has 0 aromatic carbocycles. The molecule has 4 saturated carbocycles. The molecular weight excluding hydrogens is 352 g/mol. The molecule has 0 saturated heterocycles. The fourth-order valence-electron chi connectivity index (χ4n) is 8.41. The summed E-state index contributed by atoms with van der Waals surface area (Å²) in [5, 5.41) is 24.9. The molecule has 5 N–H and O–H groups in total. The highest BCUT2D eigenvalue weighted by Crippen LogP contribution is 2.68. The maximum atomic E-state index is 11.7. The van der Waals surface area contributed by atoms with Crippen molar-refractivity contribution in [2.75, 3.05) is 6.54 Å². The van der Waals surface area contributed by atoms with Crippen LogP contribution in [0.1, 0.15) is 78.6 Å². The van der Waals surface area contributed by atoms with Crippen molar-refractivity contribution in [1.29, 1.82) is 0 Å². The van der Waals surface area contributed by atoms with Crippen LogP contribution in [-0.4, -0.2) is 40.4 Å². The van der Waals surface area contributed by atoms with E-state index in [9.17, 15) is 15.0 Å². The number of aliphatic hydroxyl groups excluding tert-OH is 1. The predicted molar refractivity (Wildman–Crippen MR) is 109 cm³/mol. The molecule has 4 rings (SSSR count). The molecule has 28 heavy (non-hydrogen) atoms. The van der Waals surface area contributed by atoms with E-state index >= 15 is 0 Å². The molecule has 0 aromatic rings. The Balaban J connectivity index is 1.53. The van der Waals surface area contributed by atoms with E-state index in [-0.39, 0.29) is 23.9 Å². The van der Waals surface area contributed by atoms with E-state index in [0.717, 1.165) is 32.1 Å². The van der Waals surface area contributed by atoms with Crippen molar-refractivity contribution in [3.8, 4) is 0 Å². The lowest BCUT2D eigenvalue weighted by atomic mass is 9.44. The molecule has 0 radical (unpaired) electrons. The van der Waals surface area contributed by atoms with Crippen molar-refractivity contribution in [3.05, 3.63) is 0 Å². The van der Waals surface area contributed by atoms with Gasteiger partial charge < -0.3 is 21.3 Å². The SMILES string of the molecule is C[C@H](O)[C@@]1(O)CC[C@H]2[C@@H]3CCC4CC(NC(=O)CN)CC[C@]4(C)[C@H]3CC[C@@]21C. The van der Waals surface area contributed by atoms with E-state index < -0.39 is 11.7 Å². The molecule has 9 atom stereocenters. The summed E-state index contributed by atoms with van der Waals surface area (Å²) in [4.78, 5) is 11.7. The van der Waals surface area contributed by atoms with Gasteiger partial charge in [-0.25, -0.2) is 0 Å². The Morgan fingerprint density at radius 2 is 1.82 bits per heavy atom. The van der Waals surface area contributed by atoms with Gasteiger partial charge in [0.25, 0.3) is 0 Å². The molecule has 0 aromatic heterocycles. The number of nitrogens with one attached hydrogen (secondary N) is 1. The molecule has 0 heterocycles. The Morgan fingerprint density at radius 3 is 2.50 bits per heavy atom. The zero-order valence-corrected chi connectivity index (χ0v) is 17.9. The van der Waals surface area contributed by atoms with Gasteiger partial charge in [-0.2, -0.15) is 0 Å². The summed E-state index contributed by atoms with van der Waals surface area (Å²) in [6, 6.07) is 0.284. The summed E-state index contributed by atoms with van der Waals surface area (Å²) in [6.45, 7) is 6.61. The van der Waals surface area contributed by atoms with Crippen LogP contribution < -0.4 is 11.1 Å². The number of carbonyl (C=O) groups excluding carboxylic acids is 1. The monoisotopic (exact) mass is 392 g/mol. The Hall–Kier alpha value is -0.650. The van der Waals surface area contributed by atoms with E-state index in [0.29, 0.717) is 29.1 Å². The summed E-state index contributed by atoms with van der Waals surface area (Å²) >= 11 is 0. The van der Waals surface area contributed by atoms with Crippen molar-refractivity contribution in [1.82, 2.24) is 5.32 Å². The quantitative estimate of drug-likeness (QED) is 0.594. The van der Waals surface area contributed by atoms with Crippen molar-refractivity contribution in [2.24, 2.45) is 40.2 Å². The molecule has 1 amide bonds. The maximum absolute atomic E-state index is 11.7. The van der Waals surface area contributed by atoms with Gasteiger partial charge in [-0.15, -0.1) is 0 Å². The molecule has 4 aliphatic rings. The van der Waals surface area contributed by atoms with Crippen LogP contribution in [0.15, 0.2) is 0 Å². The van der Waals surface area contributed by atoms with Crippen LogP contribution in [0, 0.1) is 34.5 Å². The van der Waals surface area contributed by atoms with E-state index in [4.69, 9.17) is 5.73 Å². The first kappa shape index (κ1) is 20.6. The number of rotatable bonds is 3. The van der Waals surface area contributed by atoms with Crippen molar-refractivity contribution < 1.29 is 15.0 Å². The lowest BCUT2D eigenvalue weighted by molar-refractivity contribution is -0.184. The number of aliphatic hydroxyl groups is 2. The maximum Gasteiger partial charge on any atom is 0.233 e. The van der Waals surface area contributed by atoms with Crippen LogP contribution in [0.3, 0.4) is 0 Å². The molecule has 160 valence electrons. The van der Waals surface area contributed by atoms with E-state index in [1.165, 1.54) is 25.7 Å². The largest absolute Gasteiger partial charge is 0.390 e. The second kappa shape index (κ2) is 6.95. The van der Waals surface area contributed by atoms with Gasteiger partial charge in [0.1, 0.15) is 0 Å². The minimum absolute atomic E-state index is 0.0286. The first-order valence-corrected chi connectivity index (χ1v) is 11.6. The molecule has 5 nitrogen and oxygen atoms in total. The number of hydrogen-bond donors (Lipinski definition) is 4. The first-order valence-electron chi connectivity index (χ1n) is 11.6. The zero-order valence-electron chi connectivity index (χ0n) is 17.9. The molecule has 5 heteroatoms. The molecule has 0 aliphatic heterocycles. The third-order valence-electron chi connectivity index (χ3n) is 10.1. The van der Waals surface area contributed by atoms with Crippen LogP contribution in [0.2, 0.25) is 0 Å². The summed E-state index contributed by atoms with van der Waals surface area (Å²) in [6.07, 6.45) is 9.11. The highest BCUT2D eigenvalue weighted by molar-refractivity contribution is 5.78. The average Bonchev–Trinajstić information content (AvgIpc) is 2.94. The van der Waals surface area contributed by atoms with Gasteiger partial charge in [0, 0.05) is 11.5 Å². The van der Waals surface area contributed by atoms with Gasteiger partial charge in [0.15, 0.2) is 0 Å². The third-order valence-corrected chi connectivity index (χ3v) is 10.1. The number of hydrogen-bond acceptors (Lipinski definition) is 4. The summed E-state index contributed by atoms with van der Waals surface area (Å²) in [5.74, 6) is 2.55. The minimum atomic E-state index is -0.926. The van der Waals surface area contributed by atoms with Crippen molar-refractivity contribution >= 4 is 5.91 Å². The summed E-state index contributed by atoms with van der Waals surface area (Å²) in [7, 11) is 0. The normalized spacial score (nSPS) is 51.6. The van der Waals surface area contributed by atoms with E-state index in [2.05, 4.69) is 19.2 Å². The Bertz CT molecular complexity index is 625.